The first-order chi connectivity index (χ1) is 10.7. The lowest BCUT2D eigenvalue weighted by Crippen LogP contribution is -2.47. The quantitative estimate of drug-likeness (QED) is 0.888. The Kier molecular flexibility index (Phi) is 4.48. The average molecular weight is 299 g/mol. The Bertz CT molecular complexity index is 667. The molecule has 3 rings (SSSR count). The molecule has 2 aromatic heterocycles. The van der Waals surface area contributed by atoms with Crippen LogP contribution in [-0.2, 0) is 6.54 Å². The van der Waals surface area contributed by atoms with E-state index < -0.39 is 0 Å². The summed E-state index contributed by atoms with van der Waals surface area (Å²) in [5.74, 6) is 0.516. The number of piperidine rings is 1. The van der Waals surface area contributed by atoms with Crippen molar-refractivity contribution in [3.05, 3.63) is 52.3 Å². The van der Waals surface area contributed by atoms with Gasteiger partial charge in [0.15, 0.2) is 5.82 Å². The second-order valence-electron chi connectivity index (χ2n) is 5.73. The highest BCUT2D eigenvalue weighted by atomic mass is 16.1. The zero-order chi connectivity index (χ0) is 15.4. The largest absolute Gasteiger partial charge is 0.350 e. The first-order valence-corrected chi connectivity index (χ1v) is 7.66. The van der Waals surface area contributed by atoms with Crippen LogP contribution in [0.1, 0.15) is 24.1 Å². The number of aromatic nitrogens is 3. The van der Waals surface area contributed by atoms with Gasteiger partial charge >= 0.3 is 0 Å². The third-order valence-corrected chi connectivity index (χ3v) is 3.95. The van der Waals surface area contributed by atoms with Gasteiger partial charge in [-0.15, -0.1) is 0 Å². The van der Waals surface area contributed by atoms with Gasteiger partial charge in [0.05, 0.1) is 5.69 Å². The van der Waals surface area contributed by atoms with Gasteiger partial charge in [-0.1, -0.05) is 6.07 Å². The molecule has 1 fully saturated rings. The van der Waals surface area contributed by atoms with Crippen molar-refractivity contribution in [1.82, 2.24) is 20.3 Å². The second kappa shape index (κ2) is 6.70. The number of aryl methyl sites for hydroxylation is 1. The maximum Gasteiger partial charge on any atom is 0.290 e. The van der Waals surface area contributed by atoms with Gasteiger partial charge in [0.1, 0.15) is 0 Å². The number of hydrogen-bond acceptors (Lipinski definition) is 5. The molecule has 0 unspecified atom stereocenters. The molecular formula is C16H21N5O. The SMILES string of the molecule is Cc1ccc(CN[C@@H]2CCCN(c3ncc[nH]c3=O)C2)nc1. The lowest BCUT2D eigenvalue weighted by molar-refractivity contribution is 0.417. The Labute approximate surface area is 129 Å². The summed E-state index contributed by atoms with van der Waals surface area (Å²) in [6, 6.07) is 4.47. The normalized spacial score (nSPS) is 18.4. The molecule has 6 nitrogen and oxygen atoms in total. The Balaban J connectivity index is 1.60. The second-order valence-corrected chi connectivity index (χ2v) is 5.73. The monoisotopic (exact) mass is 299 g/mol. The van der Waals surface area contributed by atoms with E-state index in [1.807, 2.05) is 19.2 Å². The number of H-pyrrole nitrogens is 1. The fourth-order valence-corrected chi connectivity index (χ4v) is 2.76. The Morgan fingerprint density at radius 1 is 1.41 bits per heavy atom. The van der Waals surface area contributed by atoms with Gasteiger partial charge < -0.3 is 15.2 Å². The maximum atomic E-state index is 11.8. The van der Waals surface area contributed by atoms with Crippen molar-refractivity contribution < 1.29 is 0 Å². The zero-order valence-corrected chi connectivity index (χ0v) is 12.7. The predicted molar refractivity (Wildman–Crippen MR) is 85.9 cm³/mol. The average Bonchev–Trinajstić information content (AvgIpc) is 2.55. The minimum absolute atomic E-state index is 0.122. The summed E-state index contributed by atoms with van der Waals surface area (Å²) in [4.78, 5) is 25.2. The number of anilines is 1. The molecule has 1 aliphatic rings. The van der Waals surface area contributed by atoms with E-state index in [0.29, 0.717) is 11.9 Å². The lowest BCUT2D eigenvalue weighted by Gasteiger charge is -2.33. The van der Waals surface area contributed by atoms with Crippen molar-refractivity contribution in [3.8, 4) is 0 Å². The molecule has 116 valence electrons. The smallest absolute Gasteiger partial charge is 0.290 e. The van der Waals surface area contributed by atoms with Crippen LogP contribution in [-0.4, -0.2) is 34.1 Å². The minimum Gasteiger partial charge on any atom is -0.350 e. The molecule has 1 aliphatic heterocycles. The van der Waals surface area contributed by atoms with Crippen LogP contribution < -0.4 is 15.8 Å². The standard InChI is InChI=1S/C16H21N5O/c1-12-4-5-13(19-9-12)10-20-14-3-2-8-21(11-14)15-16(22)18-7-6-17-15/h4-7,9,14,20H,2-3,8,10-11H2,1H3,(H,18,22)/t14-/m1/s1. The number of hydrogen-bond donors (Lipinski definition) is 2. The molecule has 0 amide bonds. The van der Waals surface area contributed by atoms with E-state index in [0.717, 1.165) is 38.2 Å². The maximum absolute atomic E-state index is 11.8. The van der Waals surface area contributed by atoms with E-state index in [1.54, 1.807) is 12.4 Å². The fraction of sp³-hybridized carbons (Fsp3) is 0.438. The van der Waals surface area contributed by atoms with E-state index in [4.69, 9.17) is 0 Å². The molecule has 0 bridgehead atoms. The van der Waals surface area contributed by atoms with Crippen LogP contribution in [0.4, 0.5) is 5.82 Å². The minimum atomic E-state index is -0.122. The number of nitrogens with zero attached hydrogens (tertiary/aromatic N) is 3. The fourth-order valence-electron chi connectivity index (χ4n) is 2.76. The van der Waals surface area contributed by atoms with Gasteiger partial charge in [-0.3, -0.25) is 9.78 Å². The molecule has 22 heavy (non-hydrogen) atoms. The van der Waals surface area contributed by atoms with Crippen LogP contribution in [0.25, 0.3) is 0 Å². The molecule has 6 heteroatoms. The number of rotatable bonds is 4. The van der Waals surface area contributed by atoms with E-state index >= 15 is 0 Å². The predicted octanol–water partition coefficient (Wildman–Crippen LogP) is 1.23. The number of aromatic amines is 1. The highest BCUT2D eigenvalue weighted by Crippen LogP contribution is 2.14. The first kappa shape index (κ1) is 14.7. The topological polar surface area (TPSA) is 73.9 Å². The van der Waals surface area contributed by atoms with Crippen molar-refractivity contribution in [1.29, 1.82) is 0 Å². The number of pyridine rings is 1. The number of nitrogens with one attached hydrogen (secondary N) is 2. The summed E-state index contributed by atoms with van der Waals surface area (Å²) < 4.78 is 0. The van der Waals surface area contributed by atoms with Gasteiger partial charge in [0.25, 0.3) is 5.56 Å². The van der Waals surface area contributed by atoms with Gasteiger partial charge in [-0.2, -0.15) is 0 Å². The Hall–Kier alpha value is -2.21. The van der Waals surface area contributed by atoms with Crippen LogP contribution in [0.2, 0.25) is 0 Å². The van der Waals surface area contributed by atoms with E-state index in [-0.39, 0.29) is 5.56 Å². The lowest BCUT2D eigenvalue weighted by atomic mass is 10.1. The molecule has 1 saturated heterocycles. The van der Waals surface area contributed by atoms with Gasteiger partial charge in [-0.05, 0) is 31.4 Å². The van der Waals surface area contributed by atoms with Gasteiger partial charge in [0, 0.05) is 44.3 Å². The molecule has 0 aliphatic carbocycles. The molecule has 2 N–H and O–H groups in total. The molecule has 0 saturated carbocycles. The third-order valence-electron chi connectivity index (χ3n) is 3.95. The molecular weight excluding hydrogens is 278 g/mol. The van der Waals surface area contributed by atoms with Crippen LogP contribution in [0, 0.1) is 6.92 Å². The van der Waals surface area contributed by atoms with Gasteiger partial charge in [-0.25, -0.2) is 4.98 Å². The summed E-state index contributed by atoms with van der Waals surface area (Å²) in [6.07, 6.45) is 7.23. The highest BCUT2D eigenvalue weighted by Gasteiger charge is 2.22. The van der Waals surface area contributed by atoms with Crippen LogP contribution in [0.3, 0.4) is 0 Å². The van der Waals surface area contributed by atoms with Crippen molar-refractivity contribution in [2.45, 2.75) is 32.4 Å². The summed E-state index contributed by atoms with van der Waals surface area (Å²) in [5.41, 5.74) is 2.09. The Morgan fingerprint density at radius 2 is 2.32 bits per heavy atom. The zero-order valence-electron chi connectivity index (χ0n) is 12.7. The summed E-state index contributed by atoms with van der Waals surface area (Å²) in [5, 5.41) is 3.53. The van der Waals surface area contributed by atoms with Crippen LogP contribution in [0.5, 0.6) is 0 Å². The molecule has 3 heterocycles. The van der Waals surface area contributed by atoms with E-state index in [2.05, 4.69) is 31.2 Å². The molecule has 1 atom stereocenters. The van der Waals surface area contributed by atoms with E-state index in [9.17, 15) is 4.79 Å². The summed E-state index contributed by atoms with van der Waals surface area (Å²) >= 11 is 0. The van der Waals surface area contributed by atoms with Crippen molar-refractivity contribution >= 4 is 5.82 Å². The van der Waals surface area contributed by atoms with E-state index in [1.165, 1.54) is 5.56 Å². The first-order valence-electron chi connectivity index (χ1n) is 7.66. The van der Waals surface area contributed by atoms with Crippen molar-refractivity contribution in [2.24, 2.45) is 0 Å². The highest BCUT2D eigenvalue weighted by molar-refractivity contribution is 5.36. The van der Waals surface area contributed by atoms with Crippen LogP contribution in [0.15, 0.2) is 35.5 Å². The molecule has 0 spiro atoms. The summed E-state index contributed by atoms with van der Waals surface area (Å²) in [6.45, 7) is 4.46. The van der Waals surface area contributed by atoms with Crippen molar-refractivity contribution in [2.75, 3.05) is 18.0 Å². The molecule has 0 aromatic carbocycles. The van der Waals surface area contributed by atoms with Crippen LogP contribution >= 0.6 is 0 Å². The third kappa shape index (κ3) is 3.51. The molecule has 0 radical (unpaired) electrons. The molecule has 2 aromatic rings. The Morgan fingerprint density at radius 3 is 3.09 bits per heavy atom. The van der Waals surface area contributed by atoms with Gasteiger partial charge in [0.2, 0.25) is 0 Å². The van der Waals surface area contributed by atoms with Crippen molar-refractivity contribution in [3.63, 3.8) is 0 Å². The summed E-state index contributed by atoms with van der Waals surface area (Å²) in [7, 11) is 0.